The Labute approximate surface area is 111 Å². The molecule has 1 heterocycles. The Morgan fingerprint density at radius 2 is 1.53 bits per heavy atom. The van der Waals surface area contributed by atoms with Gasteiger partial charge in [-0.15, -0.1) is 0 Å². The molecule has 1 fully saturated rings. The third-order valence-electron chi connectivity index (χ3n) is 3.54. The van der Waals surface area contributed by atoms with Crippen molar-refractivity contribution in [1.82, 2.24) is 0 Å². The molecule has 1 saturated heterocycles. The molecule has 88 valence electrons. The first-order chi connectivity index (χ1) is 8.36. The zero-order chi connectivity index (χ0) is 11.7. The van der Waals surface area contributed by atoms with Gasteiger partial charge < -0.3 is 4.90 Å². The van der Waals surface area contributed by atoms with Crippen molar-refractivity contribution in [1.29, 1.82) is 0 Å². The van der Waals surface area contributed by atoms with E-state index in [0.29, 0.717) is 0 Å². The molecule has 0 saturated carbocycles. The Morgan fingerprint density at radius 3 is 2.29 bits per heavy atom. The van der Waals surface area contributed by atoms with Crippen molar-refractivity contribution in [2.45, 2.75) is 19.3 Å². The minimum Gasteiger partial charge on any atom is -0.371 e. The van der Waals surface area contributed by atoms with Crippen molar-refractivity contribution in [2.75, 3.05) is 18.0 Å². The summed E-state index contributed by atoms with van der Waals surface area (Å²) in [6, 6.07) is 13.1. The van der Waals surface area contributed by atoms with Gasteiger partial charge in [-0.3, -0.25) is 0 Å². The summed E-state index contributed by atoms with van der Waals surface area (Å²) in [6.07, 6.45) is 4.03. The number of hydrogen-bond acceptors (Lipinski definition) is 1. The molecule has 2 aromatic carbocycles. The van der Waals surface area contributed by atoms with Crippen LogP contribution in [0.5, 0.6) is 0 Å². The number of piperidine rings is 1. The highest BCUT2D eigenvalue weighted by molar-refractivity contribution is 9.10. The van der Waals surface area contributed by atoms with Crippen molar-refractivity contribution >= 4 is 32.4 Å². The van der Waals surface area contributed by atoms with Gasteiger partial charge >= 0.3 is 0 Å². The number of rotatable bonds is 1. The van der Waals surface area contributed by atoms with Crippen molar-refractivity contribution in [3.8, 4) is 0 Å². The van der Waals surface area contributed by atoms with Gasteiger partial charge in [-0.25, -0.2) is 0 Å². The lowest BCUT2D eigenvalue weighted by Crippen LogP contribution is -2.29. The molecule has 0 atom stereocenters. The van der Waals surface area contributed by atoms with Gasteiger partial charge in [0.05, 0.1) is 0 Å². The zero-order valence-corrected chi connectivity index (χ0v) is 11.4. The molecule has 0 unspecified atom stereocenters. The average Bonchev–Trinajstić information content (AvgIpc) is 2.41. The van der Waals surface area contributed by atoms with E-state index in [1.165, 1.54) is 53.3 Å². The molecule has 0 aromatic heterocycles. The maximum atomic E-state index is 3.64. The van der Waals surface area contributed by atoms with Gasteiger partial charge in [-0.1, -0.05) is 40.2 Å². The van der Waals surface area contributed by atoms with E-state index in [9.17, 15) is 0 Å². The summed E-state index contributed by atoms with van der Waals surface area (Å²) >= 11 is 3.64. The normalized spacial score (nSPS) is 16.4. The van der Waals surface area contributed by atoms with E-state index in [2.05, 4.69) is 57.2 Å². The standard InChI is InChI=1S/C15H16BrN/c16-14-8-9-15(17-10-4-1-5-11-17)13-7-3-2-6-12(13)14/h2-3,6-9H,1,4-5,10-11H2. The third kappa shape index (κ3) is 2.06. The topological polar surface area (TPSA) is 3.24 Å². The summed E-state index contributed by atoms with van der Waals surface area (Å²) in [5, 5.41) is 2.68. The van der Waals surface area contributed by atoms with Crippen LogP contribution >= 0.6 is 15.9 Å². The van der Waals surface area contributed by atoms with Crippen molar-refractivity contribution in [3.05, 3.63) is 40.9 Å². The predicted molar refractivity (Wildman–Crippen MR) is 77.7 cm³/mol. The first-order valence-corrected chi connectivity index (χ1v) is 7.08. The maximum Gasteiger partial charge on any atom is 0.0446 e. The van der Waals surface area contributed by atoms with E-state index in [1.54, 1.807) is 0 Å². The summed E-state index contributed by atoms with van der Waals surface area (Å²) in [6.45, 7) is 2.40. The number of hydrogen-bond donors (Lipinski definition) is 0. The fraction of sp³-hybridized carbons (Fsp3) is 0.333. The van der Waals surface area contributed by atoms with Crippen LogP contribution in [0.3, 0.4) is 0 Å². The highest BCUT2D eigenvalue weighted by atomic mass is 79.9. The quantitative estimate of drug-likeness (QED) is 0.742. The lowest BCUT2D eigenvalue weighted by atomic mass is 10.1. The molecule has 0 radical (unpaired) electrons. The molecule has 1 aliphatic rings. The molecule has 2 aromatic rings. The Hall–Kier alpha value is -1.02. The van der Waals surface area contributed by atoms with E-state index >= 15 is 0 Å². The second kappa shape index (κ2) is 4.69. The third-order valence-corrected chi connectivity index (χ3v) is 4.24. The summed E-state index contributed by atoms with van der Waals surface area (Å²) in [4.78, 5) is 2.53. The fourth-order valence-electron chi connectivity index (χ4n) is 2.66. The first kappa shape index (κ1) is 11.1. The van der Waals surface area contributed by atoms with Crippen molar-refractivity contribution in [2.24, 2.45) is 0 Å². The smallest absolute Gasteiger partial charge is 0.0446 e. The van der Waals surface area contributed by atoms with Crippen LogP contribution in [0.1, 0.15) is 19.3 Å². The van der Waals surface area contributed by atoms with Crippen molar-refractivity contribution < 1.29 is 0 Å². The Kier molecular flexibility index (Phi) is 3.06. The molecule has 1 aliphatic heterocycles. The lowest BCUT2D eigenvalue weighted by Gasteiger charge is -2.30. The van der Waals surface area contributed by atoms with Crippen LogP contribution in [-0.2, 0) is 0 Å². The van der Waals surface area contributed by atoms with E-state index in [4.69, 9.17) is 0 Å². The Bertz CT molecular complexity index is 529. The number of fused-ring (bicyclic) bond motifs is 1. The van der Waals surface area contributed by atoms with Crippen LogP contribution in [0.2, 0.25) is 0 Å². The molecular weight excluding hydrogens is 274 g/mol. The highest BCUT2D eigenvalue weighted by Gasteiger charge is 2.13. The Morgan fingerprint density at radius 1 is 0.824 bits per heavy atom. The van der Waals surface area contributed by atoms with Crippen molar-refractivity contribution in [3.63, 3.8) is 0 Å². The molecule has 2 heteroatoms. The SMILES string of the molecule is Brc1ccc(N2CCCCC2)c2ccccc12. The van der Waals surface area contributed by atoms with Crippen LogP contribution in [0.25, 0.3) is 10.8 Å². The van der Waals surface area contributed by atoms with E-state index in [0.717, 1.165) is 0 Å². The number of anilines is 1. The molecule has 0 spiro atoms. The average molecular weight is 290 g/mol. The summed E-state index contributed by atoms with van der Waals surface area (Å²) in [7, 11) is 0. The fourth-order valence-corrected chi connectivity index (χ4v) is 3.13. The monoisotopic (exact) mass is 289 g/mol. The molecule has 0 bridgehead atoms. The molecular formula is C15H16BrN. The lowest BCUT2D eigenvalue weighted by molar-refractivity contribution is 0.579. The van der Waals surface area contributed by atoms with Gasteiger partial charge in [0.1, 0.15) is 0 Å². The van der Waals surface area contributed by atoms with Gasteiger partial charge in [0.25, 0.3) is 0 Å². The Balaban J connectivity index is 2.12. The second-order valence-corrected chi connectivity index (χ2v) is 5.51. The number of halogens is 1. The van der Waals surface area contributed by atoms with Crippen LogP contribution in [0, 0.1) is 0 Å². The summed E-state index contributed by atoms with van der Waals surface area (Å²) < 4.78 is 1.19. The molecule has 0 N–H and O–H groups in total. The highest BCUT2D eigenvalue weighted by Crippen LogP contribution is 2.33. The largest absolute Gasteiger partial charge is 0.371 e. The number of benzene rings is 2. The summed E-state index contributed by atoms with van der Waals surface area (Å²) in [5.74, 6) is 0. The second-order valence-electron chi connectivity index (χ2n) is 4.66. The predicted octanol–water partition coefficient (Wildman–Crippen LogP) is 4.59. The minimum atomic E-state index is 1.19. The molecule has 0 amide bonds. The van der Waals surface area contributed by atoms with E-state index in [-0.39, 0.29) is 0 Å². The molecule has 17 heavy (non-hydrogen) atoms. The molecule has 3 rings (SSSR count). The van der Waals surface area contributed by atoms with Crippen LogP contribution < -0.4 is 4.90 Å². The minimum absolute atomic E-state index is 1.19. The van der Waals surface area contributed by atoms with Gasteiger partial charge in [0.2, 0.25) is 0 Å². The van der Waals surface area contributed by atoms with Crippen LogP contribution in [0.4, 0.5) is 5.69 Å². The van der Waals surface area contributed by atoms with Gasteiger partial charge in [-0.05, 0) is 36.8 Å². The molecule has 0 aliphatic carbocycles. The molecule has 1 nitrogen and oxygen atoms in total. The van der Waals surface area contributed by atoms with Gasteiger partial charge in [-0.2, -0.15) is 0 Å². The number of nitrogens with zero attached hydrogens (tertiary/aromatic N) is 1. The summed E-state index contributed by atoms with van der Waals surface area (Å²) in [5.41, 5.74) is 1.39. The van der Waals surface area contributed by atoms with Gasteiger partial charge in [0.15, 0.2) is 0 Å². The first-order valence-electron chi connectivity index (χ1n) is 6.28. The van der Waals surface area contributed by atoms with Gasteiger partial charge in [0, 0.05) is 28.6 Å². The maximum absolute atomic E-state index is 3.64. The van der Waals surface area contributed by atoms with Crippen LogP contribution in [0.15, 0.2) is 40.9 Å². The van der Waals surface area contributed by atoms with Crippen LogP contribution in [-0.4, -0.2) is 13.1 Å². The zero-order valence-electron chi connectivity index (χ0n) is 9.82. The van der Waals surface area contributed by atoms with E-state index in [1.807, 2.05) is 0 Å². The van der Waals surface area contributed by atoms with E-state index < -0.39 is 0 Å².